The Labute approximate surface area is 88.8 Å². The van der Waals surface area contributed by atoms with Crippen LogP contribution in [-0.4, -0.2) is 29.3 Å². The normalized spacial score (nSPS) is 28.5. The predicted molar refractivity (Wildman–Crippen MR) is 58.4 cm³/mol. The van der Waals surface area contributed by atoms with E-state index in [4.69, 9.17) is 11.6 Å². The second-order valence-electron chi connectivity index (χ2n) is 3.37. The van der Waals surface area contributed by atoms with E-state index in [0.717, 1.165) is 6.42 Å². The number of nitrogens with one attached hydrogen (secondary N) is 1. The van der Waals surface area contributed by atoms with E-state index in [1.165, 1.54) is 19.3 Å². The SMILES string of the molecule is CSC1CCCCC1NC(=O)CCl. The molecule has 0 aliphatic heterocycles. The van der Waals surface area contributed by atoms with E-state index in [9.17, 15) is 4.79 Å². The van der Waals surface area contributed by atoms with Crippen LogP contribution in [0, 0.1) is 0 Å². The Morgan fingerprint density at radius 3 is 2.85 bits per heavy atom. The van der Waals surface area contributed by atoms with Gasteiger partial charge in [0.2, 0.25) is 5.91 Å². The highest BCUT2D eigenvalue weighted by Crippen LogP contribution is 2.26. The van der Waals surface area contributed by atoms with Crippen molar-refractivity contribution in [1.29, 1.82) is 0 Å². The van der Waals surface area contributed by atoms with Gasteiger partial charge in [0, 0.05) is 11.3 Å². The Morgan fingerprint density at radius 1 is 1.54 bits per heavy atom. The van der Waals surface area contributed by atoms with Gasteiger partial charge in [0.1, 0.15) is 5.88 Å². The number of amides is 1. The van der Waals surface area contributed by atoms with Crippen LogP contribution in [-0.2, 0) is 4.79 Å². The summed E-state index contributed by atoms with van der Waals surface area (Å²) < 4.78 is 0. The number of thioether (sulfide) groups is 1. The van der Waals surface area contributed by atoms with Crippen LogP contribution in [0.2, 0.25) is 0 Å². The predicted octanol–water partition coefficient (Wildman–Crippen LogP) is 2.02. The molecule has 4 heteroatoms. The van der Waals surface area contributed by atoms with Gasteiger partial charge in [-0.1, -0.05) is 12.8 Å². The topological polar surface area (TPSA) is 29.1 Å². The molecule has 13 heavy (non-hydrogen) atoms. The van der Waals surface area contributed by atoms with Gasteiger partial charge >= 0.3 is 0 Å². The molecule has 0 aromatic heterocycles. The zero-order chi connectivity index (χ0) is 9.68. The van der Waals surface area contributed by atoms with Crippen molar-refractivity contribution in [2.75, 3.05) is 12.1 Å². The molecule has 2 atom stereocenters. The second kappa shape index (κ2) is 5.76. The van der Waals surface area contributed by atoms with Gasteiger partial charge in [0.15, 0.2) is 0 Å². The molecule has 0 heterocycles. The molecule has 1 aliphatic carbocycles. The third-order valence-corrected chi connectivity index (χ3v) is 3.89. The molecule has 1 N–H and O–H groups in total. The molecule has 0 spiro atoms. The monoisotopic (exact) mass is 221 g/mol. The molecule has 1 saturated carbocycles. The second-order valence-corrected chi connectivity index (χ2v) is 4.71. The first-order chi connectivity index (χ1) is 6.27. The van der Waals surface area contributed by atoms with Gasteiger partial charge in [-0.25, -0.2) is 0 Å². The number of hydrogen-bond acceptors (Lipinski definition) is 2. The molecular formula is C9H16ClNOS. The van der Waals surface area contributed by atoms with Crippen LogP contribution >= 0.6 is 23.4 Å². The molecule has 2 unspecified atom stereocenters. The Bertz CT molecular complexity index is 177. The van der Waals surface area contributed by atoms with Crippen molar-refractivity contribution < 1.29 is 4.79 Å². The van der Waals surface area contributed by atoms with Gasteiger partial charge in [0.25, 0.3) is 0 Å². The van der Waals surface area contributed by atoms with Crippen molar-refractivity contribution in [2.24, 2.45) is 0 Å². The summed E-state index contributed by atoms with van der Waals surface area (Å²) in [6.45, 7) is 0. The highest BCUT2D eigenvalue weighted by molar-refractivity contribution is 7.99. The number of alkyl halides is 1. The van der Waals surface area contributed by atoms with E-state index in [2.05, 4.69) is 11.6 Å². The van der Waals surface area contributed by atoms with Crippen LogP contribution in [0.25, 0.3) is 0 Å². The van der Waals surface area contributed by atoms with Gasteiger partial charge in [-0.15, -0.1) is 11.6 Å². The molecule has 1 aliphatic rings. The lowest BCUT2D eigenvalue weighted by atomic mass is 9.95. The molecule has 0 aromatic carbocycles. The molecule has 0 aromatic rings. The van der Waals surface area contributed by atoms with E-state index >= 15 is 0 Å². The van der Waals surface area contributed by atoms with Gasteiger partial charge in [-0.3, -0.25) is 4.79 Å². The fourth-order valence-electron chi connectivity index (χ4n) is 1.79. The minimum Gasteiger partial charge on any atom is -0.351 e. The number of carbonyl (C=O) groups excluding carboxylic acids is 1. The highest BCUT2D eigenvalue weighted by Gasteiger charge is 2.25. The van der Waals surface area contributed by atoms with Crippen molar-refractivity contribution in [1.82, 2.24) is 5.32 Å². The fourth-order valence-corrected chi connectivity index (χ4v) is 2.80. The summed E-state index contributed by atoms with van der Waals surface area (Å²) in [5, 5.41) is 3.56. The Balaban J connectivity index is 2.40. The van der Waals surface area contributed by atoms with E-state index in [1.54, 1.807) is 0 Å². The van der Waals surface area contributed by atoms with E-state index in [-0.39, 0.29) is 11.8 Å². The molecule has 0 bridgehead atoms. The van der Waals surface area contributed by atoms with Crippen LogP contribution in [0.5, 0.6) is 0 Å². The van der Waals surface area contributed by atoms with Crippen LogP contribution in [0.1, 0.15) is 25.7 Å². The van der Waals surface area contributed by atoms with Gasteiger partial charge in [-0.2, -0.15) is 11.8 Å². The van der Waals surface area contributed by atoms with Crippen molar-refractivity contribution in [3.05, 3.63) is 0 Å². The molecule has 1 rings (SSSR count). The number of rotatable bonds is 3. The molecular weight excluding hydrogens is 206 g/mol. The maximum absolute atomic E-state index is 11.1. The molecule has 1 fully saturated rings. The summed E-state index contributed by atoms with van der Waals surface area (Å²) in [7, 11) is 0. The third kappa shape index (κ3) is 3.39. The lowest BCUT2D eigenvalue weighted by molar-refractivity contribution is -0.119. The number of carbonyl (C=O) groups is 1. The molecule has 1 amide bonds. The minimum atomic E-state index is -0.0346. The first-order valence-corrected chi connectivity index (χ1v) is 6.48. The minimum absolute atomic E-state index is 0.0346. The largest absolute Gasteiger partial charge is 0.351 e. The van der Waals surface area contributed by atoms with Crippen molar-refractivity contribution in [2.45, 2.75) is 37.0 Å². The zero-order valence-electron chi connectivity index (χ0n) is 7.88. The summed E-state index contributed by atoms with van der Waals surface area (Å²) in [6, 6.07) is 0.343. The summed E-state index contributed by atoms with van der Waals surface area (Å²) in [5.74, 6) is 0.0463. The molecule has 2 nitrogen and oxygen atoms in total. The van der Waals surface area contributed by atoms with Gasteiger partial charge in [0.05, 0.1) is 0 Å². The van der Waals surface area contributed by atoms with Crippen LogP contribution in [0.4, 0.5) is 0 Å². The fraction of sp³-hybridized carbons (Fsp3) is 0.889. The zero-order valence-corrected chi connectivity index (χ0v) is 9.46. The third-order valence-electron chi connectivity index (χ3n) is 2.47. The maximum Gasteiger partial charge on any atom is 0.235 e. The van der Waals surface area contributed by atoms with E-state index < -0.39 is 0 Å². The van der Waals surface area contributed by atoms with E-state index in [1.807, 2.05) is 11.8 Å². The summed E-state index contributed by atoms with van der Waals surface area (Å²) in [6.07, 6.45) is 6.95. The molecule has 0 radical (unpaired) electrons. The van der Waals surface area contributed by atoms with Gasteiger partial charge in [-0.05, 0) is 19.1 Å². The maximum atomic E-state index is 11.1. The first kappa shape index (κ1) is 11.2. The average molecular weight is 222 g/mol. The van der Waals surface area contributed by atoms with Crippen LogP contribution in [0.15, 0.2) is 0 Å². The van der Waals surface area contributed by atoms with Crippen molar-refractivity contribution in [3.8, 4) is 0 Å². The van der Waals surface area contributed by atoms with Crippen molar-refractivity contribution >= 4 is 29.3 Å². The molecule has 0 saturated heterocycles. The number of halogens is 1. The first-order valence-electron chi connectivity index (χ1n) is 4.66. The summed E-state index contributed by atoms with van der Waals surface area (Å²) in [5.41, 5.74) is 0. The standard InChI is InChI=1S/C9H16ClNOS/c1-13-8-5-3-2-4-7(8)11-9(12)6-10/h7-8H,2-6H2,1H3,(H,11,12). The Kier molecular flexibility index (Phi) is 4.96. The van der Waals surface area contributed by atoms with Crippen LogP contribution < -0.4 is 5.32 Å². The Hall–Kier alpha value is 0.110. The highest BCUT2D eigenvalue weighted by atomic mass is 35.5. The van der Waals surface area contributed by atoms with Crippen molar-refractivity contribution in [3.63, 3.8) is 0 Å². The summed E-state index contributed by atoms with van der Waals surface area (Å²) >= 11 is 7.29. The average Bonchev–Trinajstić information content (AvgIpc) is 2.18. The smallest absolute Gasteiger partial charge is 0.235 e. The quantitative estimate of drug-likeness (QED) is 0.739. The number of hydrogen-bond donors (Lipinski definition) is 1. The lowest BCUT2D eigenvalue weighted by Gasteiger charge is -2.30. The molecule has 76 valence electrons. The van der Waals surface area contributed by atoms with E-state index in [0.29, 0.717) is 11.3 Å². The van der Waals surface area contributed by atoms with Crippen LogP contribution in [0.3, 0.4) is 0 Å². The lowest BCUT2D eigenvalue weighted by Crippen LogP contribution is -2.44. The van der Waals surface area contributed by atoms with Gasteiger partial charge < -0.3 is 5.32 Å². The Morgan fingerprint density at radius 2 is 2.23 bits per heavy atom. The summed E-state index contributed by atoms with van der Waals surface area (Å²) in [4.78, 5) is 11.1.